The number of hydrogen-bond acceptors (Lipinski definition) is 4. The van der Waals surface area contributed by atoms with E-state index in [0.29, 0.717) is 12.2 Å². The first-order chi connectivity index (χ1) is 9.20. The maximum atomic E-state index is 8.90. The fourth-order valence-electron chi connectivity index (χ4n) is 2.20. The Bertz CT molecular complexity index is 450. The molecule has 0 amide bonds. The number of ether oxygens (including phenoxy) is 3. The molecule has 1 saturated heterocycles. The van der Waals surface area contributed by atoms with Gasteiger partial charge in [0.15, 0.2) is 6.29 Å². The molecule has 0 unspecified atom stereocenters. The molecule has 1 fully saturated rings. The minimum absolute atomic E-state index is 0.146. The van der Waals surface area contributed by atoms with Crippen LogP contribution in [0.4, 0.5) is 0 Å². The molecule has 1 aromatic carbocycles. The molecule has 0 aromatic heterocycles. The van der Waals surface area contributed by atoms with Crippen molar-refractivity contribution in [3.8, 4) is 11.8 Å². The lowest BCUT2D eigenvalue weighted by Crippen LogP contribution is -2.26. The van der Waals surface area contributed by atoms with Crippen molar-refractivity contribution in [2.24, 2.45) is 0 Å². The molecule has 0 spiro atoms. The number of hydrogen-bond donors (Lipinski definition) is 0. The normalized spacial score (nSPS) is 16.1. The summed E-state index contributed by atoms with van der Waals surface area (Å²) in [6.45, 7) is 5.99. The van der Waals surface area contributed by atoms with Crippen molar-refractivity contribution in [1.82, 2.24) is 0 Å². The second-order valence-electron chi connectivity index (χ2n) is 4.71. The van der Waals surface area contributed by atoms with Crippen LogP contribution in [-0.4, -0.2) is 26.1 Å². The van der Waals surface area contributed by atoms with Gasteiger partial charge < -0.3 is 14.2 Å². The quantitative estimate of drug-likeness (QED) is 0.836. The molecular weight excluding hydrogens is 242 g/mol. The van der Waals surface area contributed by atoms with E-state index in [4.69, 9.17) is 19.5 Å². The largest absolute Gasteiger partial charge is 0.493 e. The first-order valence-electron chi connectivity index (χ1n) is 6.58. The van der Waals surface area contributed by atoms with E-state index in [1.165, 1.54) is 0 Å². The Hall–Kier alpha value is -1.57. The van der Waals surface area contributed by atoms with Crippen molar-refractivity contribution in [2.45, 2.75) is 33.0 Å². The highest BCUT2D eigenvalue weighted by Crippen LogP contribution is 2.25. The second kappa shape index (κ2) is 6.55. The summed E-state index contributed by atoms with van der Waals surface area (Å²) in [4.78, 5) is 0. The molecule has 0 atom stereocenters. The number of nitrogens with zero attached hydrogens (tertiary/aromatic N) is 1. The summed E-state index contributed by atoms with van der Waals surface area (Å²) < 4.78 is 16.7. The third kappa shape index (κ3) is 3.69. The zero-order chi connectivity index (χ0) is 13.7. The second-order valence-corrected chi connectivity index (χ2v) is 4.71. The maximum absolute atomic E-state index is 8.90. The number of aryl methyl sites for hydroxylation is 2. The van der Waals surface area contributed by atoms with Gasteiger partial charge in [0.05, 0.1) is 31.5 Å². The van der Waals surface area contributed by atoms with Crippen LogP contribution in [-0.2, 0) is 9.47 Å². The standard InChI is InChI=1S/C15H19NO3/c1-11-8-13(10-16)9-12(2)15(11)19-7-4-14-17-5-3-6-18-14/h8-9,14H,3-7H2,1-2H3. The summed E-state index contributed by atoms with van der Waals surface area (Å²) in [6.07, 6.45) is 1.54. The minimum atomic E-state index is -0.146. The summed E-state index contributed by atoms with van der Waals surface area (Å²) in [7, 11) is 0. The van der Waals surface area contributed by atoms with E-state index in [-0.39, 0.29) is 6.29 Å². The van der Waals surface area contributed by atoms with E-state index in [2.05, 4.69) is 6.07 Å². The zero-order valence-electron chi connectivity index (χ0n) is 11.4. The molecule has 102 valence electrons. The molecule has 0 radical (unpaired) electrons. The molecular formula is C15H19NO3. The van der Waals surface area contributed by atoms with Crippen LogP contribution in [0.25, 0.3) is 0 Å². The van der Waals surface area contributed by atoms with Crippen molar-refractivity contribution in [2.75, 3.05) is 19.8 Å². The van der Waals surface area contributed by atoms with Gasteiger partial charge in [-0.3, -0.25) is 0 Å². The Labute approximate surface area is 113 Å². The summed E-state index contributed by atoms with van der Waals surface area (Å²) in [6, 6.07) is 5.83. The van der Waals surface area contributed by atoms with Crippen LogP contribution >= 0.6 is 0 Å². The predicted molar refractivity (Wildman–Crippen MR) is 71.1 cm³/mol. The monoisotopic (exact) mass is 261 g/mol. The Balaban J connectivity index is 1.90. The van der Waals surface area contributed by atoms with Gasteiger partial charge in [0, 0.05) is 6.42 Å². The van der Waals surface area contributed by atoms with Crippen molar-refractivity contribution in [3.05, 3.63) is 28.8 Å². The summed E-state index contributed by atoms with van der Waals surface area (Å²) in [5.74, 6) is 0.856. The SMILES string of the molecule is Cc1cc(C#N)cc(C)c1OCCC1OCCCO1. The highest BCUT2D eigenvalue weighted by molar-refractivity contribution is 5.47. The van der Waals surface area contributed by atoms with Crippen LogP contribution < -0.4 is 4.74 Å². The van der Waals surface area contributed by atoms with Gasteiger partial charge in [-0.25, -0.2) is 0 Å². The Morgan fingerprint density at radius 3 is 2.47 bits per heavy atom. The lowest BCUT2D eigenvalue weighted by Gasteiger charge is -2.23. The molecule has 0 N–H and O–H groups in total. The van der Waals surface area contributed by atoms with Gasteiger partial charge in [0.2, 0.25) is 0 Å². The van der Waals surface area contributed by atoms with E-state index in [0.717, 1.165) is 42.9 Å². The predicted octanol–water partition coefficient (Wildman–Crippen LogP) is 2.71. The van der Waals surface area contributed by atoms with Gasteiger partial charge >= 0.3 is 0 Å². The number of nitriles is 1. The molecule has 19 heavy (non-hydrogen) atoms. The van der Waals surface area contributed by atoms with Crippen molar-refractivity contribution in [3.63, 3.8) is 0 Å². The summed E-state index contributed by atoms with van der Waals surface area (Å²) in [5.41, 5.74) is 2.64. The first kappa shape index (κ1) is 13.9. The van der Waals surface area contributed by atoms with E-state index in [9.17, 15) is 0 Å². The number of benzene rings is 1. The van der Waals surface area contributed by atoms with Crippen LogP contribution in [0.3, 0.4) is 0 Å². The molecule has 4 heteroatoms. The number of rotatable bonds is 4. The van der Waals surface area contributed by atoms with Crippen LogP contribution in [0.1, 0.15) is 29.5 Å². The van der Waals surface area contributed by atoms with Crippen LogP contribution in [0.2, 0.25) is 0 Å². The molecule has 4 nitrogen and oxygen atoms in total. The van der Waals surface area contributed by atoms with E-state index in [1.807, 2.05) is 26.0 Å². The molecule has 1 aromatic rings. The van der Waals surface area contributed by atoms with Crippen LogP contribution in [0, 0.1) is 25.2 Å². The molecule has 1 aliphatic rings. The average molecular weight is 261 g/mol. The summed E-state index contributed by atoms with van der Waals surface area (Å²) in [5, 5.41) is 8.90. The molecule has 1 heterocycles. The molecule has 0 saturated carbocycles. The van der Waals surface area contributed by atoms with E-state index in [1.54, 1.807) is 0 Å². The van der Waals surface area contributed by atoms with Gasteiger partial charge in [-0.15, -0.1) is 0 Å². The first-order valence-corrected chi connectivity index (χ1v) is 6.58. The van der Waals surface area contributed by atoms with Gasteiger partial charge in [0.1, 0.15) is 5.75 Å². The van der Waals surface area contributed by atoms with Crippen LogP contribution in [0.5, 0.6) is 5.75 Å². The summed E-state index contributed by atoms with van der Waals surface area (Å²) >= 11 is 0. The minimum Gasteiger partial charge on any atom is -0.493 e. The Morgan fingerprint density at radius 2 is 1.89 bits per heavy atom. The third-order valence-electron chi connectivity index (χ3n) is 3.09. The lowest BCUT2D eigenvalue weighted by molar-refractivity contribution is -0.183. The molecule has 2 rings (SSSR count). The maximum Gasteiger partial charge on any atom is 0.160 e. The highest BCUT2D eigenvalue weighted by Gasteiger charge is 2.14. The van der Waals surface area contributed by atoms with Gasteiger partial charge in [-0.1, -0.05) is 0 Å². The zero-order valence-corrected chi connectivity index (χ0v) is 11.4. The topological polar surface area (TPSA) is 51.5 Å². The molecule has 1 aliphatic heterocycles. The van der Waals surface area contributed by atoms with Crippen molar-refractivity contribution < 1.29 is 14.2 Å². The van der Waals surface area contributed by atoms with Crippen molar-refractivity contribution in [1.29, 1.82) is 5.26 Å². The molecule has 0 aliphatic carbocycles. The fraction of sp³-hybridized carbons (Fsp3) is 0.533. The fourth-order valence-corrected chi connectivity index (χ4v) is 2.20. The van der Waals surface area contributed by atoms with Crippen LogP contribution in [0.15, 0.2) is 12.1 Å². The van der Waals surface area contributed by atoms with Gasteiger partial charge in [-0.05, 0) is 43.5 Å². The third-order valence-corrected chi connectivity index (χ3v) is 3.09. The Morgan fingerprint density at radius 1 is 1.26 bits per heavy atom. The van der Waals surface area contributed by atoms with Crippen molar-refractivity contribution >= 4 is 0 Å². The van der Waals surface area contributed by atoms with E-state index < -0.39 is 0 Å². The lowest BCUT2D eigenvalue weighted by atomic mass is 10.1. The smallest absolute Gasteiger partial charge is 0.160 e. The highest BCUT2D eigenvalue weighted by atomic mass is 16.7. The van der Waals surface area contributed by atoms with Gasteiger partial charge in [0.25, 0.3) is 0 Å². The Kier molecular flexibility index (Phi) is 4.78. The molecule has 0 bridgehead atoms. The average Bonchev–Trinajstić information content (AvgIpc) is 2.42. The van der Waals surface area contributed by atoms with Gasteiger partial charge in [-0.2, -0.15) is 5.26 Å². The van der Waals surface area contributed by atoms with E-state index >= 15 is 0 Å².